The highest BCUT2D eigenvalue weighted by Gasteiger charge is 2.93. The number of halogens is 15. The predicted octanol–water partition coefficient (Wildman–Crippen LogP) is 11.6. The van der Waals surface area contributed by atoms with Crippen LogP contribution < -0.4 is 9.47 Å². The van der Waals surface area contributed by atoms with Crippen molar-refractivity contribution in [2.45, 2.75) is 99.5 Å². The van der Waals surface area contributed by atoms with Crippen LogP contribution in [0.4, 0.5) is 65.9 Å². The molecular weight excluding hydrogens is 677 g/mol. The van der Waals surface area contributed by atoms with Gasteiger partial charge in [-0.15, -0.1) is 0 Å². The molecule has 0 saturated heterocycles. The van der Waals surface area contributed by atoms with Gasteiger partial charge in [-0.05, 0) is 48.2 Å². The molecule has 0 aliphatic carbocycles. The van der Waals surface area contributed by atoms with E-state index in [1.165, 1.54) is 0 Å². The Labute approximate surface area is 260 Å². The fourth-order valence-corrected chi connectivity index (χ4v) is 4.38. The summed E-state index contributed by atoms with van der Waals surface area (Å²) in [4.78, 5) is 0. The zero-order chi connectivity index (χ0) is 36.0. The number of rotatable bonds is 19. The summed E-state index contributed by atoms with van der Waals surface area (Å²) < 4.78 is 210. The lowest BCUT2D eigenvalue weighted by Gasteiger charge is -2.41. The molecule has 47 heavy (non-hydrogen) atoms. The minimum Gasteiger partial charge on any atom is -0.497 e. The van der Waals surface area contributed by atoms with Gasteiger partial charge in [0.1, 0.15) is 11.5 Å². The third-order valence-electron chi connectivity index (χ3n) is 7.32. The Bertz CT molecular complexity index is 1240. The lowest BCUT2D eigenvalue weighted by molar-refractivity contribution is -0.452. The van der Waals surface area contributed by atoms with Gasteiger partial charge in [0, 0.05) is 6.42 Å². The topological polar surface area (TPSA) is 18.5 Å². The molecule has 17 heteroatoms. The SMILES string of the molecule is COc1ccc(-c2ccc(OCCCCCCCCCCC(F)(F)C(F)(F)C(F)(F)C(F)(F)C(F)(F)C(F)(F)C(F)(F)F)cc2)cc1. The second-order valence-corrected chi connectivity index (χ2v) is 10.8. The molecule has 0 unspecified atom stereocenters. The lowest BCUT2D eigenvalue weighted by Crippen LogP contribution is -2.72. The van der Waals surface area contributed by atoms with Crippen molar-refractivity contribution < 1.29 is 75.3 Å². The van der Waals surface area contributed by atoms with E-state index in [0.29, 0.717) is 44.5 Å². The molecule has 2 nitrogen and oxygen atoms in total. The first kappa shape index (κ1) is 40.2. The van der Waals surface area contributed by atoms with Gasteiger partial charge in [0.15, 0.2) is 0 Å². The number of hydrogen-bond acceptors (Lipinski definition) is 2. The zero-order valence-electron chi connectivity index (χ0n) is 24.7. The monoisotopic (exact) mass is 708 g/mol. The molecule has 0 N–H and O–H groups in total. The van der Waals surface area contributed by atoms with Crippen LogP contribution in [0.1, 0.15) is 57.8 Å². The van der Waals surface area contributed by atoms with Crippen LogP contribution in [0.15, 0.2) is 48.5 Å². The third kappa shape index (κ3) is 8.54. The van der Waals surface area contributed by atoms with Crippen molar-refractivity contribution in [3.05, 3.63) is 48.5 Å². The minimum atomic E-state index is -8.24. The molecule has 2 aromatic rings. The maximum Gasteiger partial charge on any atom is 0.460 e. The molecule has 0 aliphatic rings. The molecule has 0 amide bonds. The van der Waals surface area contributed by atoms with Gasteiger partial charge in [0.2, 0.25) is 0 Å². The van der Waals surface area contributed by atoms with Crippen molar-refractivity contribution in [3.8, 4) is 22.6 Å². The van der Waals surface area contributed by atoms with Crippen LogP contribution in [0.3, 0.4) is 0 Å². The summed E-state index contributed by atoms with van der Waals surface area (Å²) in [5.74, 6) is -44.6. The molecule has 0 fully saturated rings. The maximum absolute atomic E-state index is 13.9. The van der Waals surface area contributed by atoms with Crippen LogP contribution in [0.25, 0.3) is 11.1 Å². The lowest BCUT2D eigenvalue weighted by atomic mass is 9.89. The van der Waals surface area contributed by atoms with Crippen LogP contribution in [-0.2, 0) is 0 Å². The van der Waals surface area contributed by atoms with Gasteiger partial charge < -0.3 is 9.47 Å². The van der Waals surface area contributed by atoms with Gasteiger partial charge in [0.05, 0.1) is 13.7 Å². The van der Waals surface area contributed by atoms with Crippen LogP contribution in [-0.4, -0.2) is 55.4 Å². The van der Waals surface area contributed by atoms with Crippen LogP contribution in [0, 0.1) is 0 Å². The van der Waals surface area contributed by atoms with E-state index in [1.54, 1.807) is 19.2 Å². The molecule has 0 saturated carbocycles. The van der Waals surface area contributed by atoms with Gasteiger partial charge in [-0.2, -0.15) is 65.9 Å². The maximum atomic E-state index is 13.9. The first-order valence-electron chi connectivity index (χ1n) is 14.2. The Hall–Kier alpha value is -3.01. The normalized spacial score (nSPS) is 14.0. The number of benzene rings is 2. The van der Waals surface area contributed by atoms with Crippen LogP contribution >= 0.6 is 0 Å². The molecule has 2 aromatic carbocycles. The smallest absolute Gasteiger partial charge is 0.460 e. The Morgan fingerprint density at radius 2 is 0.787 bits per heavy atom. The van der Waals surface area contributed by atoms with Crippen molar-refractivity contribution in [1.29, 1.82) is 0 Å². The largest absolute Gasteiger partial charge is 0.497 e. The Kier molecular flexibility index (Phi) is 12.9. The van der Waals surface area contributed by atoms with Crippen molar-refractivity contribution in [2.24, 2.45) is 0 Å². The minimum absolute atomic E-state index is 0.0983. The third-order valence-corrected chi connectivity index (χ3v) is 7.32. The fourth-order valence-electron chi connectivity index (χ4n) is 4.38. The number of hydrogen-bond donors (Lipinski definition) is 0. The van der Waals surface area contributed by atoms with E-state index < -0.39 is 54.6 Å². The summed E-state index contributed by atoms with van der Waals surface area (Å²) in [6, 6.07) is 14.8. The molecule has 268 valence electrons. The van der Waals surface area contributed by atoms with E-state index in [-0.39, 0.29) is 12.8 Å². The molecule has 0 spiro atoms. The van der Waals surface area contributed by atoms with E-state index in [9.17, 15) is 65.9 Å². The molecule has 0 aromatic heterocycles. The Morgan fingerprint density at radius 3 is 1.21 bits per heavy atom. The van der Waals surface area contributed by atoms with E-state index in [4.69, 9.17) is 9.47 Å². The van der Waals surface area contributed by atoms with Gasteiger partial charge in [0.25, 0.3) is 0 Å². The van der Waals surface area contributed by atoms with Crippen molar-refractivity contribution in [3.63, 3.8) is 0 Å². The van der Waals surface area contributed by atoms with Gasteiger partial charge in [-0.1, -0.05) is 62.8 Å². The molecule has 0 radical (unpaired) electrons. The summed E-state index contributed by atoms with van der Waals surface area (Å²) in [5.41, 5.74) is 1.95. The predicted molar refractivity (Wildman–Crippen MR) is 141 cm³/mol. The van der Waals surface area contributed by atoms with E-state index in [2.05, 4.69) is 0 Å². The summed E-state index contributed by atoms with van der Waals surface area (Å²) in [5, 5.41) is 0. The zero-order valence-corrected chi connectivity index (χ0v) is 24.7. The summed E-state index contributed by atoms with van der Waals surface area (Å²) >= 11 is 0. The highest BCUT2D eigenvalue weighted by atomic mass is 19.4. The van der Waals surface area contributed by atoms with Crippen LogP contribution in [0.5, 0.6) is 11.5 Å². The van der Waals surface area contributed by atoms with E-state index in [1.807, 2.05) is 36.4 Å². The molecule has 0 bridgehead atoms. The van der Waals surface area contributed by atoms with Crippen LogP contribution in [0.2, 0.25) is 0 Å². The highest BCUT2D eigenvalue weighted by Crippen LogP contribution is 2.62. The van der Waals surface area contributed by atoms with Crippen molar-refractivity contribution in [2.75, 3.05) is 13.7 Å². The van der Waals surface area contributed by atoms with Crippen molar-refractivity contribution in [1.82, 2.24) is 0 Å². The fraction of sp³-hybridized carbons (Fsp3) is 0.600. The van der Waals surface area contributed by atoms with Gasteiger partial charge in [-0.25, -0.2) is 0 Å². The molecular formula is C30H31F15O2. The van der Waals surface area contributed by atoms with E-state index in [0.717, 1.165) is 16.9 Å². The average molecular weight is 709 g/mol. The van der Waals surface area contributed by atoms with E-state index >= 15 is 0 Å². The number of unbranched alkanes of at least 4 members (excludes halogenated alkanes) is 7. The summed E-state index contributed by atoms with van der Waals surface area (Å²) in [6.45, 7) is 0.384. The van der Waals surface area contributed by atoms with Crippen molar-refractivity contribution >= 4 is 0 Å². The second-order valence-electron chi connectivity index (χ2n) is 10.8. The Morgan fingerprint density at radius 1 is 0.426 bits per heavy atom. The Balaban J connectivity index is 1.73. The van der Waals surface area contributed by atoms with Gasteiger partial charge in [-0.3, -0.25) is 0 Å². The highest BCUT2D eigenvalue weighted by molar-refractivity contribution is 5.64. The average Bonchev–Trinajstić information content (AvgIpc) is 2.99. The first-order chi connectivity index (χ1) is 21.5. The quantitative estimate of drug-likeness (QED) is 0.107. The summed E-state index contributed by atoms with van der Waals surface area (Å²) in [7, 11) is 1.56. The number of ether oxygens (including phenoxy) is 2. The standard InChI is InChI=1S/C30H31F15O2/c1-46-22-14-10-20(11-15-22)21-12-16-23(17-13-21)47-19-9-7-5-3-2-4-6-8-18-24(31,32)25(33,34)26(35,36)27(37,38)28(39,40)29(41,42)30(43,44)45/h10-17H,2-9,18-19H2,1H3. The molecule has 0 aliphatic heterocycles. The second kappa shape index (κ2) is 15.0. The summed E-state index contributed by atoms with van der Waals surface area (Å²) in [6.07, 6.45) is -8.19. The molecule has 2 rings (SSSR count). The molecule has 0 heterocycles. The first-order valence-corrected chi connectivity index (χ1v) is 14.2. The molecule has 0 atom stereocenters. The van der Waals surface area contributed by atoms with Gasteiger partial charge >= 0.3 is 41.7 Å². The number of methoxy groups -OCH3 is 1. The number of alkyl halides is 15.